The number of hydrogen-bond acceptors (Lipinski definition) is 6. The highest BCUT2D eigenvalue weighted by Gasteiger charge is 2.24. The van der Waals surface area contributed by atoms with E-state index in [4.69, 9.17) is 14.9 Å². The molecule has 1 fully saturated rings. The molecule has 0 saturated carbocycles. The minimum atomic E-state index is -0.488. The van der Waals surface area contributed by atoms with Crippen molar-refractivity contribution in [1.29, 1.82) is 0 Å². The SMILES string of the molecule is COC(=O)C(N)CC1CCN(CCCc2coc(-c3ccccc3)n2)CC1. The normalized spacial score (nSPS) is 17.0. The van der Waals surface area contributed by atoms with Gasteiger partial charge < -0.3 is 19.8 Å². The van der Waals surface area contributed by atoms with Crippen LogP contribution in [-0.4, -0.2) is 48.6 Å². The zero-order valence-electron chi connectivity index (χ0n) is 16.0. The molecule has 0 spiro atoms. The van der Waals surface area contributed by atoms with Crippen LogP contribution >= 0.6 is 0 Å². The summed E-state index contributed by atoms with van der Waals surface area (Å²) in [6.07, 6.45) is 6.65. The summed E-state index contributed by atoms with van der Waals surface area (Å²) < 4.78 is 10.3. The number of aryl methyl sites for hydroxylation is 1. The minimum absolute atomic E-state index is 0.306. The number of methoxy groups -OCH3 is 1. The van der Waals surface area contributed by atoms with E-state index in [1.807, 2.05) is 30.3 Å². The van der Waals surface area contributed by atoms with Crippen LogP contribution in [-0.2, 0) is 16.0 Å². The van der Waals surface area contributed by atoms with Gasteiger partial charge in [-0.1, -0.05) is 18.2 Å². The topological polar surface area (TPSA) is 81.6 Å². The number of ether oxygens (including phenoxy) is 1. The lowest BCUT2D eigenvalue weighted by atomic mass is 9.90. The summed E-state index contributed by atoms with van der Waals surface area (Å²) in [6.45, 7) is 3.18. The number of benzene rings is 1. The van der Waals surface area contributed by atoms with Crippen molar-refractivity contribution >= 4 is 5.97 Å². The second-order valence-corrected chi connectivity index (χ2v) is 7.26. The summed E-state index contributed by atoms with van der Waals surface area (Å²) in [5.41, 5.74) is 7.90. The predicted octanol–water partition coefficient (Wildman–Crippen LogP) is 2.88. The Hall–Kier alpha value is -2.18. The van der Waals surface area contributed by atoms with Gasteiger partial charge >= 0.3 is 5.97 Å². The molecule has 0 radical (unpaired) electrons. The van der Waals surface area contributed by atoms with Gasteiger partial charge in [0.2, 0.25) is 5.89 Å². The van der Waals surface area contributed by atoms with Gasteiger partial charge in [-0.2, -0.15) is 0 Å². The van der Waals surface area contributed by atoms with Crippen LogP contribution in [0, 0.1) is 5.92 Å². The third kappa shape index (κ3) is 5.65. The molecule has 6 heteroatoms. The van der Waals surface area contributed by atoms with Crippen molar-refractivity contribution in [2.24, 2.45) is 11.7 Å². The van der Waals surface area contributed by atoms with Gasteiger partial charge in [-0.3, -0.25) is 4.79 Å². The highest BCUT2D eigenvalue weighted by atomic mass is 16.5. The number of carbonyl (C=O) groups is 1. The molecule has 27 heavy (non-hydrogen) atoms. The molecule has 2 N–H and O–H groups in total. The van der Waals surface area contributed by atoms with Crippen molar-refractivity contribution in [2.45, 2.75) is 38.1 Å². The van der Waals surface area contributed by atoms with Crippen LogP contribution in [0.2, 0.25) is 0 Å². The second-order valence-electron chi connectivity index (χ2n) is 7.26. The smallest absolute Gasteiger partial charge is 0.322 e. The van der Waals surface area contributed by atoms with Crippen LogP contribution in [0.3, 0.4) is 0 Å². The summed E-state index contributed by atoms with van der Waals surface area (Å²) in [5.74, 6) is 0.896. The molecular formula is C21H29N3O3. The highest BCUT2D eigenvalue weighted by Crippen LogP contribution is 2.22. The lowest BCUT2D eigenvalue weighted by molar-refractivity contribution is -0.142. The van der Waals surface area contributed by atoms with E-state index < -0.39 is 6.04 Å². The third-order valence-corrected chi connectivity index (χ3v) is 5.28. The standard InChI is InChI=1S/C21H29N3O3/c1-26-21(25)19(22)14-16-9-12-24(13-10-16)11-5-8-18-15-27-20(23-18)17-6-3-2-4-7-17/h2-4,6-7,15-16,19H,5,8-14,22H2,1H3. The molecule has 2 aromatic rings. The summed E-state index contributed by atoms with van der Waals surface area (Å²) in [6, 6.07) is 9.48. The van der Waals surface area contributed by atoms with E-state index in [-0.39, 0.29) is 5.97 Å². The van der Waals surface area contributed by atoms with Crippen LogP contribution in [0.15, 0.2) is 41.0 Å². The van der Waals surface area contributed by atoms with Gasteiger partial charge in [-0.15, -0.1) is 0 Å². The van der Waals surface area contributed by atoms with E-state index in [0.29, 0.717) is 11.8 Å². The average Bonchev–Trinajstić information content (AvgIpc) is 3.18. The highest BCUT2D eigenvalue weighted by molar-refractivity contribution is 5.75. The number of likely N-dealkylation sites (tertiary alicyclic amines) is 1. The molecule has 1 aliphatic heterocycles. The number of oxazole rings is 1. The van der Waals surface area contributed by atoms with E-state index in [2.05, 4.69) is 9.88 Å². The fourth-order valence-electron chi connectivity index (χ4n) is 3.67. The van der Waals surface area contributed by atoms with Gasteiger partial charge in [0.25, 0.3) is 0 Å². The van der Waals surface area contributed by atoms with Crippen LogP contribution in [0.4, 0.5) is 0 Å². The molecule has 1 aromatic carbocycles. The fourth-order valence-corrected chi connectivity index (χ4v) is 3.67. The van der Waals surface area contributed by atoms with E-state index in [1.165, 1.54) is 7.11 Å². The molecule has 146 valence electrons. The molecule has 2 heterocycles. The first-order valence-corrected chi connectivity index (χ1v) is 9.71. The Bertz CT molecular complexity index is 708. The number of aromatic nitrogens is 1. The van der Waals surface area contributed by atoms with Gasteiger partial charge in [0.15, 0.2) is 0 Å². The van der Waals surface area contributed by atoms with Crippen LogP contribution in [0.5, 0.6) is 0 Å². The monoisotopic (exact) mass is 371 g/mol. The van der Waals surface area contributed by atoms with Crippen molar-refractivity contribution in [2.75, 3.05) is 26.7 Å². The molecule has 1 unspecified atom stereocenters. The Kier molecular flexibility index (Phi) is 7.01. The molecule has 1 saturated heterocycles. The van der Waals surface area contributed by atoms with Crippen molar-refractivity contribution < 1.29 is 13.9 Å². The zero-order chi connectivity index (χ0) is 19.1. The molecule has 3 rings (SSSR count). The van der Waals surface area contributed by atoms with E-state index in [0.717, 1.165) is 63.0 Å². The van der Waals surface area contributed by atoms with Crippen molar-refractivity contribution in [3.63, 3.8) is 0 Å². The maximum absolute atomic E-state index is 11.4. The van der Waals surface area contributed by atoms with Gasteiger partial charge in [-0.25, -0.2) is 4.98 Å². The summed E-state index contributed by atoms with van der Waals surface area (Å²) >= 11 is 0. The minimum Gasteiger partial charge on any atom is -0.468 e. The molecular weight excluding hydrogens is 342 g/mol. The number of esters is 1. The van der Waals surface area contributed by atoms with Crippen molar-refractivity contribution in [3.05, 3.63) is 42.3 Å². The Balaban J connectivity index is 1.36. The number of hydrogen-bond donors (Lipinski definition) is 1. The Morgan fingerprint density at radius 3 is 2.78 bits per heavy atom. The zero-order valence-corrected chi connectivity index (χ0v) is 16.0. The Morgan fingerprint density at radius 1 is 1.33 bits per heavy atom. The van der Waals surface area contributed by atoms with E-state index in [9.17, 15) is 4.79 Å². The maximum Gasteiger partial charge on any atom is 0.322 e. The lowest BCUT2D eigenvalue weighted by Gasteiger charge is -2.32. The number of carbonyl (C=O) groups excluding carboxylic acids is 1. The first kappa shape index (κ1) is 19.6. The van der Waals surface area contributed by atoms with Crippen molar-refractivity contribution in [3.8, 4) is 11.5 Å². The van der Waals surface area contributed by atoms with Crippen molar-refractivity contribution in [1.82, 2.24) is 9.88 Å². The molecule has 0 amide bonds. The van der Waals surface area contributed by atoms with Gasteiger partial charge in [0.1, 0.15) is 12.3 Å². The first-order valence-electron chi connectivity index (χ1n) is 9.71. The van der Waals surface area contributed by atoms with Crippen LogP contribution in [0.25, 0.3) is 11.5 Å². The quantitative estimate of drug-likeness (QED) is 0.719. The van der Waals surface area contributed by atoms with Gasteiger partial charge in [0, 0.05) is 5.56 Å². The largest absolute Gasteiger partial charge is 0.468 e. The van der Waals surface area contributed by atoms with Crippen LogP contribution < -0.4 is 5.73 Å². The molecule has 1 atom stereocenters. The molecule has 1 aliphatic rings. The molecule has 1 aromatic heterocycles. The van der Waals surface area contributed by atoms with Gasteiger partial charge in [-0.05, 0) is 69.8 Å². The third-order valence-electron chi connectivity index (χ3n) is 5.28. The number of piperidine rings is 1. The predicted molar refractivity (Wildman–Crippen MR) is 104 cm³/mol. The number of rotatable bonds is 8. The maximum atomic E-state index is 11.4. The summed E-state index contributed by atoms with van der Waals surface area (Å²) in [7, 11) is 1.39. The Labute approximate surface area is 160 Å². The lowest BCUT2D eigenvalue weighted by Crippen LogP contribution is -2.39. The average molecular weight is 371 g/mol. The molecule has 0 bridgehead atoms. The van der Waals surface area contributed by atoms with Crippen LogP contribution in [0.1, 0.15) is 31.4 Å². The van der Waals surface area contributed by atoms with E-state index in [1.54, 1.807) is 6.26 Å². The second kappa shape index (κ2) is 9.67. The first-order chi connectivity index (χ1) is 13.2. The summed E-state index contributed by atoms with van der Waals surface area (Å²) in [4.78, 5) is 18.5. The molecule has 6 nitrogen and oxygen atoms in total. The van der Waals surface area contributed by atoms with Gasteiger partial charge in [0.05, 0.1) is 12.8 Å². The number of nitrogens with zero attached hydrogens (tertiary/aromatic N) is 2. The van der Waals surface area contributed by atoms with E-state index >= 15 is 0 Å². The Morgan fingerprint density at radius 2 is 2.07 bits per heavy atom. The molecule has 0 aliphatic carbocycles. The fraction of sp³-hybridized carbons (Fsp3) is 0.524. The summed E-state index contributed by atoms with van der Waals surface area (Å²) in [5, 5.41) is 0. The number of nitrogens with two attached hydrogens (primary N) is 1.